The van der Waals surface area contributed by atoms with Crippen molar-refractivity contribution in [3.05, 3.63) is 65.2 Å². The molecule has 8 nitrogen and oxygen atoms in total. The van der Waals surface area contributed by atoms with Gasteiger partial charge in [0.2, 0.25) is 0 Å². The molecule has 2 heterocycles. The molecule has 3 aliphatic rings. The summed E-state index contributed by atoms with van der Waals surface area (Å²) in [6.45, 7) is 2.28. The highest BCUT2D eigenvalue weighted by Gasteiger charge is 2.56. The molecule has 0 bridgehead atoms. The van der Waals surface area contributed by atoms with Crippen LogP contribution in [0.1, 0.15) is 36.0 Å². The van der Waals surface area contributed by atoms with Crippen LogP contribution in [0.15, 0.2) is 48.5 Å². The number of anilines is 1. The van der Waals surface area contributed by atoms with E-state index < -0.39 is 24.0 Å². The fraction of sp³-hybridized carbons (Fsp3) is 0.423. The molecule has 2 aromatic rings. The van der Waals surface area contributed by atoms with Crippen molar-refractivity contribution in [1.82, 2.24) is 10.2 Å². The van der Waals surface area contributed by atoms with Gasteiger partial charge in [-0.3, -0.25) is 9.59 Å². The Labute approximate surface area is 198 Å². The Morgan fingerprint density at radius 3 is 2.26 bits per heavy atom. The molecule has 2 aliphatic heterocycles. The summed E-state index contributed by atoms with van der Waals surface area (Å²) in [4.78, 5) is 29.0. The normalized spacial score (nSPS) is 22.0. The summed E-state index contributed by atoms with van der Waals surface area (Å²) < 4.78 is 0. The van der Waals surface area contributed by atoms with E-state index in [1.807, 2.05) is 48.5 Å². The molecule has 3 N–H and O–H groups in total. The smallest absolute Gasteiger partial charge is 0.255 e. The Hall–Kier alpha value is -3.41. The molecular weight excluding hydrogens is 432 g/mol. The summed E-state index contributed by atoms with van der Waals surface area (Å²) in [7, 11) is 0. The Balaban J connectivity index is 1.13. The van der Waals surface area contributed by atoms with Gasteiger partial charge in [-0.15, -0.1) is 0 Å². The van der Waals surface area contributed by atoms with Gasteiger partial charge < -0.3 is 25.3 Å². The van der Waals surface area contributed by atoms with Crippen LogP contribution in [0.4, 0.5) is 5.69 Å². The summed E-state index contributed by atoms with van der Waals surface area (Å²) in [5.74, 6) is -1.36. The maximum Gasteiger partial charge on any atom is 0.255 e. The van der Waals surface area contributed by atoms with Crippen LogP contribution in [0.25, 0.3) is 0 Å². The lowest BCUT2D eigenvalue weighted by molar-refractivity contribution is -0.153. The highest BCUT2D eigenvalue weighted by molar-refractivity contribution is 5.91. The van der Waals surface area contributed by atoms with Gasteiger partial charge in [0.25, 0.3) is 11.8 Å². The first-order chi connectivity index (χ1) is 16.4. The number of piperidine rings is 1. The summed E-state index contributed by atoms with van der Waals surface area (Å²) in [6.07, 6.45) is -1.07. The summed E-state index contributed by atoms with van der Waals surface area (Å²) in [5, 5.41) is 33.0. The molecule has 1 saturated heterocycles. The predicted molar refractivity (Wildman–Crippen MR) is 124 cm³/mol. The molecule has 1 spiro atoms. The number of nitrogens with zero attached hydrogens (tertiary/aromatic N) is 3. The largest absolute Gasteiger partial charge is 0.380 e. The molecule has 5 rings (SSSR count). The molecule has 0 aromatic heterocycles. The second-order valence-electron chi connectivity index (χ2n) is 9.60. The van der Waals surface area contributed by atoms with Crippen LogP contribution in [0, 0.1) is 16.7 Å². The van der Waals surface area contributed by atoms with Gasteiger partial charge in [0.15, 0.2) is 12.2 Å². The van der Waals surface area contributed by atoms with Crippen molar-refractivity contribution < 1.29 is 19.8 Å². The lowest BCUT2D eigenvalue weighted by Crippen LogP contribution is -2.51. The van der Waals surface area contributed by atoms with Gasteiger partial charge in [0.05, 0.1) is 11.3 Å². The Bertz CT molecular complexity index is 1130. The quantitative estimate of drug-likeness (QED) is 0.619. The first-order valence-corrected chi connectivity index (χ1v) is 11.7. The number of hydrogen-bond donors (Lipinski definition) is 3. The van der Waals surface area contributed by atoms with Gasteiger partial charge in [-0.2, -0.15) is 5.26 Å². The van der Waals surface area contributed by atoms with E-state index in [4.69, 9.17) is 0 Å². The van der Waals surface area contributed by atoms with Gasteiger partial charge in [-0.25, -0.2) is 0 Å². The number of hydrogen-bond acceptors (Lipinski definition) is 6. The van der Waals surface area contributed by atoms with E-state index in [1.165, 1.54) is 4.90 Å². The summed E-state index contributed by atoms with van der Waals surface area (Å²) >= 11 is 0. The van der Waals surface area contributed by atoms with Crippen molar-refractivity contribution in [1.29, 1.82) is 5.26 Å². The van der Waals surface area contributed by atoms with E-state index in [0.29, 0.717) is 18.7 Å². The number of para-hydroxylation sites is 1. The summed E-state index contributed by atoms with van der Waals surface area (Å²) in [6, 6.07) is 17.3. The molecule has 2 fully saturated rings. The minimum atomic E-state index is -1.81. The number of nitrogens with one attached hydrogen (secondary N) is 1. The second kappa shape index (κ2) is 8.75. The minimum absolute atomic E-state index is 0.0287. The molecular formula is C26H28N4O4. The zero-order valence-corrected chi connectivity index (χ0v) is 18.9. The van der Waals surface area contributed by atoms with Crippen molar-refractivity contribution in [2.75, 3.05) is 18.0 Å². The molecule has 3 atom stereocenters. The van der Waals surface area contributed by atoms with E-state index in [0.717, 1.165) is 49.2 Å². The van der Waals surface area contributed by atoms with Crippen LogP contribution >= 0.6 is 0 Å². The lowest BCUT2D eigenvalue weighted by atomic mass is 9.92. The zero-order valence-electron chi connectivity index (χ0n) is 18.9. The molecule has 2 amide bonds. The number of aliphatic hydroxyl groups is 2. The number of rotatable bonds is 5. The Kier molecular flexibility index (Phi) is 5.76. The molecule has 176 valence electrons. The van der Waals surface area contributed by atoms with Crippen LogP contribution < -0.4 is 10.2 Å². The third-order valence-corrected chi connectivity index (χ3v) is 7.60. The van der Waals surface area contributed by atoms with E-state index in [2.05, 4.69) is 16.3 Å². The number of benzene rings is 2. The first-order valence-electron chi connectivity index (χ1n) is 11.7. The summed E-state index contributed by atoms with van der Waals surface area (Å²) in [5.41, 5.74) is 3.57. The van der Waals surface area contributed by atoms with Crippen LogP contribution in [0.3, 0.4) is 0 Å². The lowest BCUT2D eigenvalue weighted by Gasteiger charge is -2.35. The van der Waals surface area contributed by atoms with E-state index in [-0.39, 0.29) is 11.5 Å². The second-order valence-corrected chi connectivity index (χ2v) is 9.60. The average Bonchev–Trinajstić information content (AvgIpc) is 3.33. The van der Waals surface area contributed by atoms with E-state index in [1.54, 1.807) is 0 Å². The maximum absolute atomic E-state index is 12.7. The van der Waals surface area contributed by atoms with Gasteiger partial charge in [-0.1, -0.05) is 36.4 Å². The molecule has 34 heavy (non-hydrogen) atoms. The molecule has 1 unspecified atom stereocenters. The Morgan fingerprint density at radius 2 is 1.62 bits per heavy atom. The van der Waals surface area contributed by atoms with E-state index in [9.17, 15) is 25.1 Å². The fourth-order valence-electron chi connectivity index (χ4n) is 5.35. The topological polar surface area (TPSA) is 117 Å². The van der Waals surface area contributed by atoms with Gasteiger partial charge in [0.1, 0.15) is 6.07 Å². The van der Waals surface area contributed by atoms with Gasteiger partial charge in [0, 0.05) is 32.2 Å². The molecule has 0 radical (unpaired) electrons. The van der Waals surface area contributed by atoms with Crippen molar-refractivity contribution in [2.45, 2.75) is 50.6 Å². The first kappa shape index (κ1) is 22.4. The predicted octanol–water partition coefficient (Wildman–Crippen LogP) is 1.30. The van der Waals surface area contributed by atoms with Crippen LogP contribution in [0.2, 0.25) is 0 Å². The number of aliphatic hydroxyl groups excluding tert-OH is 2. The fourth-order valence-corrected chi connectivity index (χ4v) is 5.35. The number of amides is 2. The van der Waals surface area contributed by atoms with Crippen LogP contribution in [0.5, 0.6) is 0 Å². The SMILES string of the molecule is N#Cc1ccccc1N1CCC2(CC1)C[C@H]2NC(=O)[C@H](O)C(O)C(=O)N1Cc2ccccc2C1. The van der Waals surface area contributed by atoms with Crippen molar-refractivity contribution in [3.63, 3.8) is 0 Å². The number of carbonyl (C=O) groups excluding carboxylic acids is 2. The third kappa shape index (κ3) is 4.02. The minimum Gasteiger partial charge on any atom is -0.380 e. The highest BCUT2D eigenvalue weighted by Crippen LogP contribution is 2.54. The third-order valence-electron chi connectivity index (χ3n) is 7.60. The van der Waals surface area contributed by atoms with Gasteiger partial charge >= 0.3 is 0 Å². The molecule has 1 aliphatic carbocycles. The number of carbonyl (C=O) groups is 2. The average molecular weight is 461 g/mol. The van der Waals surface area contributed by atoms with Crippen LogP contribution in [-0.4, -0.2) is 58.3 Å². The van der Waals surface area contributed by atoms with Crippen molar-refractivity contribution in [3.8, 4) is 6.07 Å². The number of fused-ring (bicyclic) bond motifs is 1. The van der Waals surface area contributed by atoms with Gasteiger partial charge in [-0.05, 0) is 47.9 Å². The molecule has 8 heteroatoms. The van der Waals surface area contributed by atoms with Crippen molar-refractivity contribution in [2.24, 2.45) is 5.41 Å². The standard InChI is InChI=1S/C26H28N4O4/c27-14-17-5-3-4-8-20(17)29-11-9-26(10-12-29)13-21(26)28-24(33)22(31)23(32)25(34)30-15-18-6-1-2-7-19(18)16-30/h1-8,21-23,31-32H,9-13,15-16H2,(H,28,33)/t21-,22-,23?/m1/s1. The van der Waals surface area contributed by atoms with Crippen molar-refractivity contribution >= 4 is 17.5 Å². The molecule has 2 aromatic carbocycles. The monoisotopic (exact) mass is 460 g/mol. The zero-order chi connectivity index (χ0) is 23.9. The van der Waals surface area contributed by atoms with Crippen LogP contribution in [-0.2, 0) is 22.7 Å². The highest BCUT2D eigenvalue weighted by atomic mass is 16.3. The number of nitriles is 1. The molecule has 1 saturated carbocycles. The van der Waals surface area contributed by atoms with E-state index >= 15 is 0 Å². The maximum atomic E-state index is 12.7. The Morgan fingerprint density at radius 1 is 1.00 bits per heavy atom.